The average Bonchev–Trinajstić information content (AvgIpc) is 2.61. The number of nitrogens with one attached hydrogen (secondary N) is 1. The Balaban J connectivity index is 1.74. The van der Waals surface area contributed by atoms with E-state index in [-0.39, 0.29) is 17.6 Å². The van der Waals surface area contributed by atoms with E-state index in [0.717, 1.165) is 0 Å². The molecule has 1 saturated heterocycles. The second kappa shape index (κ2) is 9.81. The third-order valence-corrected chi connectivity index (χ3v) is 4.94. The zero-order chi connectivity index (χ0) is 19.0. The summed E-state index contributed by atoms with van der Waals surface area (Å²) in [6, 6.07) is 3.44. The van der Waals surface area contributed by atoms with Gasteiger partial charge >= 0.3 is 0 Å². The minimum atomic E-state index is -3.45. The smallest absolute Gasteiger partial charge is 0.227 e. The maximum atomic E-state index is 12.4. The second-order valence-corrected chi connectivity index (χ2v) is 7.93. The Labute approximate surface area is 153 Å². The quantitative estimate of drug-likeness (QED) is 0.575. The van der Waals surface area contributed by atoms with Crippen LogP contribution in [0, 0.1) is 5.92 Å². The number of methoxy groups -OCH3 is 1. The van der Waals surface area contributed by atoms with Gasteiger partial charge in [-0.3, -0.25) is 4.79 Å². The van der Waals surface area contributed by atoms with Gasteiger partial charge in [0.15, 0.2) is 0 Å². The van der Waals surface area contributed by atoms with Gasteiger partial charge < -0.3 is 19.7 Å². The van der Waals surface area contributed by atoms with Gasteiger partial charge in [0, 0.05) is 25.6 Å². The summed E-state index contributed by atoms with van der Waals surface area (Å²) >= 11 is 0. The molecule has 0 atom stereocenters. The number of anilines is 1. The van der Waals surface area contributed by atoms with Crippen LogP contribution in [0.5, 0.6) is 5.88 Å². The molecule has 1 aromatic rings. The normalized spacial score (nSPS) is 16.4. The van der Waals surface area contributed by atoms with Gasteiger partial charge in [0.05, 0.1) is 24.2 Å². The van der Waals surface area contributed by atoms with E-state index in [1.807, 2.05) is 4.90 Å². The van der Waals surface area contributed by atoms with E-state index in [1.165, 1.54) is 0 Å². The van der Waals surface area contributed by atoms with Crippen LogP contribution < -0.4 is 15.2 Å². The molecular formula is C16H26N4O5S. The topological polar surface area (TPSA) is 124 Å². The van der Waals surface area contributed by atoms with Gasteiger partial charge in [0.1, 0.15) is 6.61 Å². The number of piperidine rings is 1. The Morgan fingerprint density at radius 3 is 2.65 bits per heavy atom. The molecule has 1 amide bonds. The van der Waals surface area contributed by atoms with Crippen molar-refractivity contribution in [1.82, 2.24) is 9.88 Å². The fraction of sp³-hybridized carbons (Fsp3) is 0.625. The van der Waals surface area contributed by atoms with E-state index in [2.05, 4.69) is 10.3 Å². The highest BCUT2D eigenvalue weighted by molar-refractivity contribution is 7.89. The molecule has 26 heavy (non-hydrogen) atoms. The molecule has 0 unspecified atom stereocenters. The predicted molar refractivity (Wildman–Crippen MR) is 97.4 cm³/mol. The van der Waals surface area contributed by atoms with Crippen LogP contribution in [-0.2, 0) is 19.6 Å². The maximum Gasteiger partial charge on any atom is 0.227 e. The molecule has 0 spiro atoms. The molecule has 1 aliphatic heterocycles. The molecule has 2 rings (SSSR count). The molecule has 146 valence electrons. The number of amides is 1. The van der Waals surface area contributed by atoms with Gasteiger partial charge in [-0.25, -0.2) is 18.5 Å². The van der Waals surface area contributed by atoms with Crippen molar-refractivity contribution in [3.8, 4) is 5.88 Å². The number of pyridine rings is 1. The third kappa shape index (κ3) is 7.24. The first-order chi connectivity index (χ1) is 12.4. The SMILES string of the molecule is COCCOc1ccc(NC(=O)C2CCN(CCS(N)(=O)=O)CC2)cn1. The summed E-state index contributed by atoms with van der Waals surface area (Å²) in [5, 5.41) is 7.88. The van der Waals surface area contributed by atoms with Crippen molar-refractivity contribution in [2.24, 2.45) is 11.1 Å². The van der Waals surface area contributed by atoms with Crippen LogP contribution in [0.1, 0.15) is 12.8 Å². The standard InChI is InChI=1S/C16H26N4O5S/c1-24-9-10-25-15-3-2-14(12-18-15)19-16(21)13-4-6-20(7-5-13)8-11-26(17,22)23/h2-3,12-13H,4-11H2,1H3,(H,19,21)(H2,17,22,23). The Morgan fingerprint density at radius 2 is 2.08 bits per heavy atom. The lowest BCUT2D eigenvalue weighted by molar-refractivity contribution is -0.121. The van der Waals surface area contributed by atoms with Crippen molar-refractivity contribution in [2.45, 2.75) is 12.8 Å². The van der Waals surface area contributed by atoms with Crippen LogP contribution >= 0.6 is 0 Å². The molecule has 0 bridgehead atoms. The van der Waals surface area contributed by atoms with Crippen LogP contribution in [0.25, 0.3) is 0 Å². The Kier molecular flexibility index (Phi) is 7.76. The van der Waals surface area contributed by atoms with Gasteiger partial charge in [-0.1, -0.05) is 0 Å². The van der Waals surface area contributed by atoms with Crippen molar-refractivity contribution in [2.75, 3.05) is 51.0 Å². The number of hydrogen-bond acceptors (Lipinski definition) is 7. The number of hydrogen-bond donors (Lipinski definition) is 2. The number of likely N-dealkylation sites (tertiary alicyclic amines) is 1. The highest BCUT2D eigenvalue weighted by Crippen LogP contribution is 2.20. The number of nitrogens with two attached hydrogens (primary N) is 1. The summed E-state index contributed by atoms with van der Waals surface area (Å²) in [6.45, 7) is 2.66. The zero-order valence-corrected chi connectivity index (χ0v) is 15.7. The monoisotopic (exact) mass is 386 g/mol. The van der Waals surface area contributed by atoms with Crippen LogP contribution in [0.3, 0.4) is 0 Å². The van der Waals surface area contributed by atoms with Gasteiger partial charge in [0.25, 0.3) is 0 Å². The molecule has 0 aromatic carbocycles. The minimum absolute atomic E-state index is 0.0500. The second-order valence-electron chi connectivity index (χ2n) is 6.20. The lowest BCUT2D eigenvalue weighted by Crippen LogP contribution is -2.40. The third-order valence-electron chi connectivity index (χ3n) is 4.19. The highest BCUT2D eigenvalue weighted by Gasteiger charge is 2.25. The van der Waals surface area contributed by atoms with E-state index in [4.69, 9.17) is 14.6 Å². The first-order valence-electron chi connectivity index (χ1n) is 8.49. The van der Waals surface area contributed by atoms with Crippen LogP contribution in [0.4, 0.5) is 5.69 Å². The number of carbonyl (C=O) groups excluding carboxylic acids is 1. The summed E-state index contributed by atoms with van der Waals surface area (Å²) in [7, 11) is -1.85. The maximum absolute atomic E-state index is 12.4. The van der Waals surface area contributed by atoms with Gasteiger partial charge in [-0.2, -0.15) is 0 Å². The average molecular weight is 386 g/mol. The number of aromatic nitrogens is 1. The van der Waals surface area contributed by atoms with Crippen LogP contribution in [0.2, 0.25) is 0 Å². The van der Waals surface area contributed by atoms with Crippen LogP contribution in [-0.4, -0.2) is 69.9 Å². The van der Waals surface area contributed by atoms with Crippen molar-refractivity contribution in [3.63, 3.8) is 0 Å². The summed E-state index contributed by atoms with van der Waals surface area (Å²) < 4.78 is 32.3. The van der Waals surface area contributed by atoms with Gasteiger partial charge in [0.2, 0.25) is 21.8 Å². The van der Waals surface area contributed by atoms with E-state index in [0.29, 0.717) is 57.3 Å². The number of primary sulfonamides is 1. The molecule has 9 nitrogen and oxygen atoms in total. The lowest BCUT2D eigenvalue weighted by Gasteiger charge is -2.30. The predicted octanol–water partition coefficient (Wildman–Crippen LogP) is 0.0458. The molecular weight excluding hydrogens is 360 g/mol. The molecule has 3 N–H and O–H groups in total. The largest absolute Gasteiger partial charge is 0.475 e. The molecule has 1 aliphatic rings. The summed E-state index contributed by atoms with van der Waals surface area (Å²) in [5.41, 5.74) is 0.616. The highest BCUT2D eigenvalue weighted by atomic mass is 32.2. The number of nitrogens with zero attached hydrogens (tertiary/aromatic N) is 2. The first kappa shape index (κ1) is 20.6. The fourth-order valence-corrected chi connectivity index (χ4v) is 3.20. The summed E-state index contributed by atoms with van der Waals surface area (Å²) in [5.74, 6) is 0.265. The van der Waals surface area contributed by atoms with Crippen molar-refractivity contribution >= 4 is 21.6 Å². The minimum Gasteiger partial charge on any atom is -0.475 e. The van der Waals surface area contributed by atoms with E-state index in [9.17, 15) is 13.2 Å². The van der Waals surface area contributed by atoms with Crippen molar-refractivity contribution < 1.29 is 22.7 Å². The summed E-state index contributed by atoms with van der Waals surface area (Å²) in [4.78, 5) is 18.5. The molecule has 1 fully saturated rings. The van der Waals surface area contributed by atoms with E-state index >= 15 is 0 Å². The number of sulfonamides is 1. The zero-order valence-electron chi connectivity index (χ0n) is 14.9. The first-order valence-corrected chi connectivity index (χ1v) is 10.2. The molecule has 0 saturated carbocycles. The lowest BCUT2D eigenvalue weighted by atomic mass is 9.96. The van der Waals surface area contributed by atoms with Gasteiger partial charge in [-0.05, 0) is 32.0 Å². The Morgan fingerprint density at radius 1 is 1.35 bits per heavy atom. The summed E-state index contributed by atoms with van der Waals surface area (Å²) in [6.07, 6.45) is 2.92. The molecule has 1 aromatic heterocycles. The Bertz CT molecular complexity index is 672. The van der Waals surface area contributed by atoms with Gasteiger partial charge in [-0.15, -0.1) is 0 Å². The molecule has 0 radical (unpaired) electrons. The Hall–Kier alpha value is -1.75. The van der Waals surface area contributed by atoms with Crippen molar-refractivity contribution in [1.29, 1.82) is 0 Å². The van der Waals surface area contributed by atoms with E-state index < -0.39 is 10.0 Å². The molecule has 2 heterocycles. The molecule has 10 heteroatoms. The number of carbonyl (C=O) groups is 1. The number of rotatable bonds is 9. The van der Waals surface area contributed by atoms with Crippen molar-refractivity contribution in [3.05, 3.63) is 18.3 Å². The van der Waals surface area contributed by atoms with Crippen LogP contribution in [0.15, 0.2) is 18.3 Å². The number of ether oxygens (including phenoxy) is 2. The molecule has 0 aliphatic carbocycles. The fourth-order valence-electron chi connectivity index (χ4n) is 2.69. The van der Waals surface area contributed by atoms with E-state index in [1.54, 1.807) is 25.4 Å².